The summed E-state index contributed by atoms with van der Waals surface area (Å²) in [5.41, 5.74) is 2.45. The Morgan fingerprint density at radius 1 is 1.26 bits per heavy atom. The molecule has 0 fully saturated rings. The van der Waals surface area contributed by atoms with Crippen LogP contribution in [-0.4, -0.2) is 10.1 Å². The van der Waals surface area contributed by atoms with E-state index in [1.165, 1.54) is 9.13 Å². The number of pyridine rings is 1. The summed E-state index contributed by atoms with van der Waals surface area (Å²) in [7, 11) is 0. The largest absolute Gasteiger partial charge is 0.385 e. The summed E-state index contributed by atoms with van der Waals surface area (Å²) in [5.74, 6) is 0.0868. The highest BCUT2D eigenvalue weighted by Crippen LogP contribution is 2.44. The second-order valence-electron chi connectivity index (χ2n) is 5.29. The third-order valence-electron chi connectivity index (χ3n) is 4.07. The molecule has 0 saturated heterocycles. The van der Waals surface area contributed by atoms with Gasteiger partial charge in [-0.05, 0) is 71.7 Å². The molecule has 0 bridgehead atoms. The first-order chi connectivity index (χ1) is 9.09. The number of aromatic nitrogens is 1. The predicted molar refractivity (Wildman–Crippen MR) is 84.0 cm³/mol. The maximum atomic E-state index is 11.0. The average molecular weight is 365 g/mol. The van der Waals surface area contributed by atoms with Crippen molar-refractivity contribution in [3.8, 4) is 0 Å². The maximum absolute atomic E-state index is 11.0. The summed E-state index contributed by atoms with van der Waals surface area (Å²) in [4.78, 5) is 4.49. The molecule has 3 heteroatoms. The standard InChI is InChI=1S/C16H16INO/c1-16(19,12-5-7-13(17)8-6-12)14-9-4-11-3-2-10-18-15(11)14/h2-3,5-8,10,14,19H,4,9H2,1H3. The van der Waals surface area contributed by atoms with Crippen molar-refractivity contribution in [1.29, 1.82) is 0 Å². The van der Waals surface area contributed by atoms with E-state index in [0.29, 0.717) is 0 Å². The number of hydrogen-bond donors (Lipinski definition) is 1. The van der Waals surface area contributed by atoms with Crippen LogP contribution >= 0.6 is 22.6 Å². The molecule has 0 saturated carbocycles. The Kier molecular flexibility index (Phi) is 3.35. The number of aryl methyl sites for hydroxylation is 1. The van der Waals surface area contributed by atoms with Crippen molar-refractivity contribution >= 4 is 22.6 Å². The molecule has 1 aromatic heterocycles. The zero-order valence-corrected chi connectivity index (χ0v) is 13.0. The molecule has 1 aliphatic rings. The smallest absolute Gasteiger partial charge is 0.0952 e. The van der Waals surface area contributed by atoms with Crippen LogP contribution in [0, 0.1) is 3.57 Å². The van der Waals surface area contributed by atoms with Gasteiger partial charge in [0.2, 0.25) is 0 Å². The number of nitrogens with zero attached hydrogens (tertiary/aromatic N) is 1. The first kappa shape index (κ1) is 13.1. The molecule has 1 heterocycles. The minimum atomic E-state index is -0.857. The number of rotatable bonds is 2. The molecule has 1 aromatic carbocycles. The van der Waals surface area contributed by atoms with Gasteiger partial charge >= 0.3 is 0 Å². The quantitative estimate of drug-likeness (QED) is 0.825. The van der Waals surface area contributed by atoms with Gasteiger partial charge in [-0.25, -0.2) is 0 Å². The van der Waals surface area contributed by atoms with Gasteiger partial charge in [0, 0.05) is 21.4 Å². The fraction of sp³-hybridized carbons (Fsp3) is 0.312. The Balaban J connectivity index is 2.00. The van der Waals surface area contributed by atoms with Crippen LogP contribution in [0.1, 0.15) is 36.1 Å². The van der Waals surface area contributed by atoms with Crippen molar-refractivity contribution in [2.24, 2.45) is 0 Å². The lowest BCUT2D eigenvalue weighted by molar-refractivity contribution is 0.0256. The number of aliphatic hydroxyl groups is 1. The van der Waals surface area contributed by atoms with E-state index in [4.69, 9.17) is 0 Å². The van der Waals surface area contributed by atoms with Crippen molar-refractivity contribution in [1.82, 2.24) is 4.98 Å². The van der Waals surface area contributed by atoms with Crippen LogP contribution in [0.4, 0.5) is 0 Å². The van der Waals surface area contributed by atoms with Gasteiger partial charge in [0.1, 0.15) is 0 Å². The molecule has 2 nitrogen and oxygen atoms in total. The Morgan fingerprint density at radius 3 is 2.74 bits per heavy atom. The minimum Gasteiger partial charge on any atom is -0.385 e. The summed E-state index contributed by atoms with van der Waals surface area (Å²) in [6, 6.07) is 12.2. The fourth-order valence-electron chi connectivity index (χ4n) is 2.95. The SMILES string of the molecule is CC(O)(c1ccc(I)cc1)C1CCc2cccnc21. The summed E-state index contributed by atoms with van der Waals surface area (Å²) >= 11 is 2.28. The van der Waals surface area contributed by atoms with Gasteiger partial charge < -0.3 is 5.11 Å². The van der Waals surface area contributed by atoms with Crippen LogP contribution in [0.15, 0.2) is 42.6 Å². The van der Waals surface area contributed by atoms with Crippen LogP contribution in [0.5, 0.6) is 0 Å². The fourth-order valence-corrected chi connectivity index (χ4v) is 3.31. The van der Waals surface area contributed by atoms with Crippen molar-refractivity contribution in [3.05, 3.63) is 63.0 Å². The van der Waals surface area contributed by atoms with Crippen LogP contribution in [0.3, 0.4) is 0 Å². The summed E-state index contributed by atoms with van der Waals surface area (Å²) in [6.07, 6.45) is 3.79. The van der Waals surface area contributed by atoms with Crippen LogP contribution in [0.2, 0.25) is 0 Å². The van der Waals surface area contributed by atoms with Gasteiger partial charge in [-0.3, -0.25) is 4.98 Å². The van der Waals surface area contributed by atoms with Gasteiger partial charge in [-0.2, -0.15) is 0 Å². The Hall–Kier alpha value is -0.940. The molecule has 1 aliphatic carbocycles. The van der Waals surface area contributed by atoms with Gasteiger partial charge in [0.25, 0.3) is 0 Å². The van der Waals surface area contributed by atoms with Crippen LogP contribution in [-0.2, 0) is 12.0 Å². The normalized spacial score (nSPS) is 20.9. The first-order valence-electron chi connectivity index (χ1n) is 6.51. The monoisotopic (exact) mass is 365 g/mol. The summed E-state index contributed by atoms with van der Waals surface area (Å²) < 4.78 is 1.18. The van der Waals surface area contributed by atoms with Gasteiger partial charge in [0.05, 0.1) is 5.60 Å². The number of hydrogen-bond acceptors (Lipinski definition) is 2. The molecular formula is C16H16INO. The average Bonchev–Trinajstić information content (AvgIpc) is 2.83. The van der Waals surface area contributed by atoms with E-state index in [1.807, 2.05) is 43.5 Å². The van der Waals surface area contributed by atoms with Crippen LogP contribution < -0.4 is 0 Å². The molecular weight excluding hydrogens is 349 g/mol. The van der Waals surface area contributed by atoms with Gasteiger partial charge in [-0.1, -0.05) is 18.2 Å². The molecule has 0 spiro atoms. The van der Waals surface area contributed by atoms with E-state index in [9.17, 15) is 5.11 Å². The predicted octanol–water partition coefficient (Wildman–Crippen LogP) is 3.62. The number of halogens is 1. The van der Waals surface area contributed by atoms with Gasteiger partial charge in [0.15, 0.2) is 0 Å². The second kappa shape index (κ2) is 4.87. The number of benzene rings is 1. The molecule has 98 valence electrons. The zero-order valence-electron chi connectivity index (χ0n) is 10.8. The maximum Gasteiger partial charge on any atom is 0.0952 e. The van der Waals surface area contributed by atoms with E-state index in [1.54, 1.807) is 0 Å². The minimum absolute atomic E-state index is 0.0868. The van der Waals surface area contributed by atoms with Crippen molar-refractivity contribution < 1.29 is 5.11 Å². The molecule has 0 aliphatic heterocycles. The van der Waals surface area contributed by atoms with E-state index < -0.39 is 5.60 Å². The Bertz CT molecular complexity index is 592. The lowest BCUT2D eigenvalue weighted by atomic mass is 9.81. The lowest BCUT2D eigenvalue weighted by Crippen LogP contribution is -2.29. The lowest BCUT2D eigenvalue weighted by Gasteiger charge is -2.30. The first-order valence-corrected chi connectivity index (χ1v) is 7.59. The molecule has 2 unspecified atom stereocenters. The topological polar surface area (TPSA) is 33.1 Å². The highest BCUT2D eigenvalue weighted by Gasteiger charge is 2.39. The third kappa shape index (κ3) is 2.30. The van der Waals surface area contributed by atoms with Crippen molar-refractivity contribution in [3.63, 3.8) is 0 Å². The highest BCUT2D eigenvalue weighted by molar-refractivity contribution is 14.1. The van der Waals surface area contributed by atoms with Crippen molar-refractivity contribution in [2.45, 2.75) is 31.3 Å². The second-order valence-corrected chi connectivity index (χ2v) is 6.54. The molecule has 0 amide bonds. The zero-order chi connectivity index (χ0) is 13.5. The molecule has 2 atom stereocenters. The Morgan fingerprint density at radius 2 is 2.00 bits per heavy atom. The molecule has 19 heavy (non-hydrogen) atoms. The van der Waals surface area contributed by atoms with Gasteiger partial charge in [-0.15, -0.1) is 0 Å². The third-order valence-corrected chi connectivity index (χ3v) is 4.78. The van der Waals surface area contributed by atoms with E-state index in [-0.39, 0.29) is 5.92 Å². The molecule has 0 radical (unpaired) electrons. The van der Waals surface area contributed by atoms with E-state index in [0.717, 1.165) is 24.1 Å². The van der Waals surface area contributed by atoms with Crippen molar-refractivity contribution in [2.75, 3.05) is 0 Å². The molecule has 1 N–H and O–H groups in total. The van der Waals surface area contributed by atoms with E-state index >= 15 is 0 Å². The summed E-state index contributed by atoms with van der Waals surface area (Å²) in [6.45, 7) is 1.91. The number of fused-ring (bicyclic) bond motifs is 1. The Labute approximate surface area is 127 Å². The highest BCUT2D eigenvalue weighted by atomic mass is 127. The molecule has 2 aromatic rings. The summed E-state index contributed by atoms with van der Waals surface area (Å²) in [5, 5.41) is 11.0. The van der Waals surface area contributed by atoms with Crippen LogP contribution in [0.25, 0.3) is 0 Å². The van der Waals surface area contributed by atoms with E-state index in [2.05, 4.69) is 33.6 Å². The molecule has 3 rings (SSSR count).